The third-order valence-electron chi connectivity index (χ3n) is 14.5. The molecular formula is C63H121NO5. The number of ether oxygens (including phenoxy) is 1. The Bertz CT molecular complexity index is 1080. The lowest BCUT2D eigenvalue weighted by molar-refractivity contribution is -0.143. The van der Waals surface area contributed by atoms with Crippen molar-refractivity contribution in [2.24, 2.45) is 0 Å². The van der Waals surface area contributed by atoms with Crippen LogP contribution in [0.1, 0.15) is 341 Å². The molecule has 1 amide bonds. The van der Waals surface area contributed by atoms with E-state index in [1.165, 1.54) is 238 Å². The summed E-state index contributed by atoms with van der Waals surface area (Å²) in [5, 5.41) is 23.3. The molecule has 0 saturated carbocycles. The third kappa shape index (κ3) is 55.5. The number of aliphatic hydroxyl groups excluding tert-OH is 2. The second kappa shape index (κ2) is 58.9. The number of carbonyl (C=O) groups is 2. The molecule has 0 aromatic rings. The van der Waals surface area contributed by atoms with E-state index in [1.807, 2.05) is 0 Å². The SMILES string of the molecule is CCCCCCCCC/C=C\CCCCCCCCCC(=O)OCCCCCCCC/C=C\CCCCCC(=O)NC(CO)C(O)CCCCCCCCCCCCCCCCCCCCCCC. The molecule has 0 aliphatic rings. The number of nitrogens with one attached hydrogen (secondary N) is 1. The summed E-state index contributed by atoms with van der Waals surface area (Å²) in [5.41, 5.74) is 0. The first kappa shape index (κ1) is 67.3. The van der Waals surface area contributed by atoms with Gasteiger partial charge >= 0.3 is 5.97 Å². The monoisotopic (exact) mass is 972 g/mol. The first-order valence-corrected chi connectivity index (χ1v) is 31.1. The topological polar surface area (TPSA) is 95.9 Å². The lowest BCUT2D eigenvalue weighted by Gasteiger charge is -2.22. The Kier molecular flexibility index (Phi) is 57.5. The summed E-state index contributed by atoms with van der Waals surface area (Å²) in [6.07, 6.45) is 71.8. The first-order valence-electron chi connectivity index (χ1n) is 31.1. The molecule has 0 fully saturated rings. The Morgan fingerprint density at radius 2 is 0.681 bits per heavy atom. The quantitative estimate of drug-likeness (QED) is 0.0321. The Morgan fingerprint density at radius 1 is 0.391 bits per heavy atom. The van der Waals surface area contributed by atoms with Gasteiger partial charge in [-0.2, -0.15) is 0 Å². The highest BCUT2D eigenvalue weighted by molar-refractivity contribution is 5.76. The van der Waals surface area contributed by atoms with E-state index in [4.69, 9.17) is 4.74 Å². The van der Waals surface area contributed by atoms with E-state index in [0.717, 1.165) is 70.6 Å². The summed E-state index contributed by atoms with van der Waals surface area (Å²) >= 11 is 0. The summed E-state index contributed by atoms with van der Waals surface area (Å²) < 4.78 is 5.48. The van der Waals surface area contributed by atoms with Gasteiger partial charge in [0.2, 0.25) is 5.91 Å². The fourth-order valence-corrected chi connectivity index (χ4v) is 9.69. The molecule has 0 aromatic heterocycles. The predicted molar refractivity (Wildman–Crippen MR) is 301 cm³/mol. The van der Waals surface area contributed by atoms with Crippen LogP contribution in [0, 0.1) is 0 Å². The van der Waals surface area contributed by atoms with E-state index in [0.29, 0.717) is 25.9 Å². The molecule has 0 rings (SSSR count). The van der Waals surface area contributed by atoms with Crippen molar-refractivity contribution < 1.29 is 24.5 Å². The third-order valence-corrected chi connectivity index (χ3v) is 14.5. The second-order valence-electron chi connectivity index (χ2n) is 21.4. The standard InChI is InChI=1S/C63H121NO5/c1-3-5-7-9-11-13-15-17-19-21-23-24-25-26-28-31-35-39-43-47-51-55-61(66)60(59-65)64-62(67)56-52-48-44-40-36-32-30-34-38-42-46-50-54-58-69-63(68)57-53-49-45-41-37-33-29-27-22-20-18-16-14-12-10-8-6-4-2/h20,22,32,36,60-61,65-66H,3-19,21,23-31,33-35,37-59H2,1-2H3,(H,64,67)/b22-20-,36-32-. The molecule has 0 aliphatic heterocycles. The molecule has 6 nitrogen and oxygen atoms in total. The molecule has 408 valence electrons. The van der Waals surface area contributed by atoms with Crippen molar-refractivity contribution in [3.05, 3.63) is 24.3 Å². The number of unbranched alkanes of at least 4 members (excludes halogenated alkanes) is 43. The molecule has 69 heavy (non-hydrogen) atoms. The van der Waals surface area contributed by atoms with Crippen LogP contribution < -0.4 is 5.32 Å². The number of carbonyl (C=O) groups excluding carboxylic acids is 2. The molecule has 0 radical (unpaired) electrons. The maximum Gasteiger partial charge on any atom is 0.305 e. The minimum Gasteiger partial charge on any atom is -0.466 e. The van der Waals surface area contributed by atoms with Crippen molar-refractivity contribution in [1.29, 1.82) is 0 Å². The van der Waals surface area contributed by atoms with Gasteiger partial charge in [-0.15, -0.1) is 0 Å². The molecule has 0 bridgehead atoms. The number of allylic oxidation sites excluding steroid dienone is 4. The van der Waals surface area contributed by atoms with Gasteiger partial charge in [-0.05, 0) is 77.0 Å². The van der Waals surface area contributed by atoms with Gasteiger partial charge in [0.15, 0.2) is 0 Å². The van der Waals surface area contributed by atoms with Crippen LogP contribution in [0.5, 0.6) is 0 Å². The van der Waals surface area contributed by atoms with Crippen LogP contribution in [-0.4, -0.2) is 47.4 Å². The fraction of sp³-hybridized carbons (Fsp3) is 0.905. The zero-order valence-corrected chi connectivity index (χ0v) is 46.6. The predicted octanol–water partition coefficient (Wildman–Crippen LogP) is 19.4. The maximum absolute atomic E-state index is 12.5. The second-order valence-corrected chi connectivity index (χ2v) is 21.4. The van der Waals surface area contributed by atoms with Gasteiger partial charge in [0.05, 0.1) is 25.4 Å². The van der Waals surface area contributed by atoms with Crippen molar-refractivity contribution >= 4 is 11.9 Å². The van der Waals surface area contributed by atoms with Gasteiger partial charge in [-0.1, -0.05) is 276 Å². The fourth-order valence-electron chi connectivity index (χ4n) is 9.69. The zero-order valence-electron chi connectivity index (χ0n) is 46.6. The van der Waals surface area contributed by atoms with Crippen LogP contribution in [0.3, 0.4) is 0 Å². The van der Waals surface area contributed by atoms with Crippen LogP contribution in [0.25, 0.3) is 0 Å². The number of esters is 1. The van der Waals surface area contributed by atoms with E-state index in [1.54, 1.807) is 0 Å². The van der Waals surface area contributed by atoms with Crippen LogP contribution >= 0.6 is 0 Å². The van der Waals surface area contributed by atoms with Gasteiger partial charge in [-0.3, -0.25) is 9.59 Å². The van der Waals surface area contributed by atoms with Crippen LogP contribution in [0.2, 0.25) is 0 Å². The van der Waals surface area contributed by atoms with Gasteiger partial charge in [-0.25, -0.2) is 0 Å². The van der Waals surface area contributed by atoms with Crippen molar-refractivity contribution in [3.63, 3.8) is 0 Å². The van der Waals surface area contributed by atoms with Gasteiger partial charge in [0, 0.05) is 12.8 Å². The highest BCUT2D eigenvalue weighted by atomic mass is 16.5. The molecule has 2 atom stereocenters. The molecular weight excluding hydrogens is 851 g/mol. The van der Waals surface area contributed by atoms with Crippen molar-refractivity contribution in [2.75, 3.05) is 13.2 Å². The molecule has 2 unspecified atom stereocenters. The van der Waals surface area contributed by atoms with Gasteiger partial charge in [0.25, 0.3) is 0 Å². The number of hydrogen-bond acceptors (Lipinski definition) is 5. The average Bonchev–Trinajstić information content (AvgIpc) is 3.35. The Labute approximate surface area is 431 Å². The Morgan fingerprint density at radius 3 is 1.04 bits per heavy atom. The molecule has 0 aromatic carbocycles. The molecule has 0 aliphatic carbocycles. The van der Waals surface area contributed by atoms with Crippen LogP contribution in [0.15, 0.2) is 24.3 Å². The molecule has 6 heteroatoms. The first-order chi connectivity index (χ1) is 34.0. The largest absolute Gasteiger partial charge is 0.466 e. The molecule has 3 N–H and O–H groups in total. The number of rotatable bonds is 58. The smallest absolute Gasteiger partial charge is 0.305 e. The number of aliphatic hydroxyl groups is 2. The highest BCUT2D eigenvalue weighted by Crippen LogP contribution is 2.18. The van der Waals surface area contributed by atoms with Crippen LogP contribution in [0.4, 0.5) is 0 Å². The Balaban J connectivity index is 3.47. The number of amides is 1. The van der Waals surface area contributed by atoms with E-state index in [2.05, 4.69) is 43.5 Å². The summed E-state index contributed by atoms with van der Waals surface area (Å²) in [6, 6.07) is -0.563. The van der Waals surface area contributed by atoms with E-state index in [-0.39, 0.29) is 18.5 Å². The van der Waals surface area contributed by atoms with E-state index in [9.17, 15) is 19.8 Å². The summed E-state index contributed by atoms with van der Waals surface area (Å²) in [6.45, 7) is 4.93. The highest BCUT2D eigenvalue weighted by Gasteiger charge is 2.20. The van der Waals surface area contributed by atoms with Gasteiger partial charge < -0.3 is 20.3 Å². The zero-order chi connectivity index (χ0) is 50.0. The van der Waals surface area contributed by atoms with Crippen LogP contribution in [-0.2, 0) is 14.3 Å². The maximum atomic E-state index is 12.5. The summed E-state index contributed by atoms with van der Waals surface area (Å²) in [7, 11) is 0. The number of hydrogen-bond donors (Lipinski definition) is 3. The average molecular weight is 973 g/mol. The molecule has 0 saturated heterocycles. The van der Waals surface area contributed by atoms with Gasteiger partial charge in [0.1, 0.15) is 0 Å². The molecule has 0 heterocycles. The minimum absolute atomic E-state index is 0.0146. The lowest BCUT2D eigenvalue weighted by Crippen LogP contribution is -2.45. The van der Waals surface area contributed by atoms with E-state index < -0.39 is 12.1 Å². The Hall–Kier alpha value is -1.66. The van der Waals surface area contributed by atoms with Crippen molar-refractivity contribution in [2.45, 2.75) is 353 Å². The molecule has 0 spiro atoms. The van der Waals surface area contributed by atoms with Crippen molar-refractivity contribution in [3.8, 4) is 0 Å². The van der Waals surface area contributed by atoms with Crippen molar-refractivity contribution in [1.82, 2.24) is 5.32 Å². The minimum atomic E-state index is -0.683. The summed E-state index contributed by atoms with van der Waals surface area (Å²) in [5.74, 6) is -0.0765. The lowest BCUT2D eigenvalue weighted by atomic mass is 10.0. The normalized spacial score (nSPS) is 12.7. The summed E-state index contributed by atoms with van der Waals surface area (Å²) in [4.78, 5) is 24.6. The van der Waals surface area contributed by atoms with E-state index >= 15 is 0 Å².